The summed E-state index contributed by atoms with van der Waals surface area (Å²) in [5.74, 6) is -1.02. The second-order valence-corrected chi connectivity index (χ2v) is 5.66. The molecular formula is C20H20N4O3. The van der Waals surface area contributed by atoms with Crippen LogP contribution in [-0.4, -0.2) is 18.5 Å². The molecule has 0 spiro atoms. The molecule has 0 aliphatic rings. The van der Waals surface area contributed by atoms with Crippen molar-refractivity contribution in [3.8, 4) is 6.07 Å². The van der Waals surface area contributed by atoms with Gasteiger partial charge < -0.3 is 21.1 Å². The maximum Gasteiger partial charge on any atom is 0.338 e. The van der Waals surface area contributed by atoms with E-state index in [0.717, 1.165) is 5.56 Å². The number of aryl methyl sites for hydroxylation is 1. The lowest BCUT2D eigenvalue weighted by Gasteiger charge is -2.08. The third-order valence-corrected chi connectivity index (χ3v) is 3.60. The molecule has 0 radical (unpaired) electrons. The Bertz CT molecular complexity index is 912. The van der Waals surface area contributed by atoms with Crippen LogP contribution >= 0.6 is 0 Å². The number of rotatable bonds is 6. The normalized spacial score (nSPS) is 10.6. The van der Waals surface area contributed by atoms with Crippen LogP contribution in [0.2, 0.25) is 0 Å². The molecule has 1 amide bonds. The monoisotopic (exact) mass is 364 g/mol. The van der Waals surface area contributed by atoms with Crippen molar-refractivity contribution >= 4 is 28.9 Å². The largest absolute Gasteiger partial charge is 0.462 e. The van der Waals surface area contributed by atoms with E-state index in [1.54, 1.807) is 25.1 Å². The van der Waals surface area contributed by atoms with Gasteiger partial charge in [-0.2, -0.15) is 5.26 Å². The molecule has 0 atom stereocenters. The molecule has 2 rings (SSSR count). The highest BCUT2D eigenvalue weighted by molar-refractivity contribution is 6.07. The minimum atomic E-state index is -0.583. The lowest BCUT2D eigenvalue weighted by Crippen LogP contribution is -2.15. The van der Waals surface area contributed by atoms with Crippen LogP contribution in [0.5, 0.6) is 0 Å². The molecule has 0 heterocycles. The SMILES string of the molecule is CCOC(=O)c1ccc(NC(=O)/C(C#N)=C\Nc2cc(C)ccc2N)cc1. The molecule has 0 aliphatic carbocycles. The Balaban J connectivity index is 2.07. The van der Waals surface area contributed by atoms with Gasteiger partial charge in [0.05, 0.1) is 23.5 Å². The number of hydrogen-bond donors (Lipinski definition) is 3. The number of carbonyl (C=O) groups excluding carboxylic acids is 2. The summed E-state index contributed by atoms with van der Waals surface area (Å²) in [4.78, 5) is 23.9. The number of amides is 1. The summed E-state index contributed by atoms with van der Waals surface area (Å²) in [5.41, 5.74) is 8.67. The molecule has 0 saturated heterocycles. The second-order valence-electron chi connectivity index (χ2n) is 5.66. The molecule has 138 valence electrons. The maximum atomic E-state index is 12.3. The summed E-state index contributed by atoms with van der Waals surface area (Å²) in [7, 11) is 0. The average Bonchev–Trinajstić information content (AvgIpc) is 2.65. The van der Waals surface area contributed by atoms with Crippen LogP contribution in [0.25, 0.3) is 0 Å². The Morgan fingerprint density at radius 2 is 1.93 bits per heavy atom. The molecule has 0 aromatic heterocycles. The van der Waals surface area contributed by atoms with Gasteiger partial charge in [-0.15, -0.1) is 0 Å². The molecule has 0 aliphatic heterocycles. The number of benzene rings is 2. The first-order chi connectivity index (χ1) is 12.9. The van der Waals surface area contributed by atoms with E-state index in [-0.39, 0.29) is 12.2 Å². The van der Waals surface area contributed by atoms with E-state index >= 15 is 0 Å². The fraction of sp³-hybridized carbons (Fsp3) is 0.150. The van der Waals surface area contributed by atoms with Gasteiger partial charge in [0, 0.05) is 11.9 Å². The highest BCUT2D eigenvalue weighted by Crippen LogP contribution is 2.20. The molecule has 0 bridgehead atoms. The van der Waals surface area contributed by atoms with Crippen molar-refractivity contribution in [2.24, 2.45) is 0 Å². The lowest BCUT2D eigenvalue weighted by molar-refractivity contribution is -0.112. The molecule has 7 nitrogen and oxygen atoms in total. The van der Waals surface area contributed by atoms with Crippen LogP contribution in [0.4, 0.5) is 17.1 Å². The fourth-order valence-electron chi connectivity index (χ4n) is 2.20. The minimum Gasteiger partial charge on any atom is -0.462 e. The van der Waals surface area contributed by atoms with Gasteiger partial charge in [-0.25, -0.2) is 4.79 Å². The average molecular weight is 364 g/mol. The maximum absolute atomic E-state index is 12.3. The molecule has 7 heteroatoms. The summed E-state index contributed by atoms with van der Waals surface area (Å²) >= 11 is 0. The van der Waals surface area contributed by atoms with Crippen LogP contribution in [0.3, 0.4) is 0 Å². The number of nitrogens with one attached hydrogen (secondary N) is 2. The van der Waals surface area contributed by atoms with Crippen LogP contribution in [0.1, 0.15) is 22.8 Å². The third-order valence-electron chi connectivity index (χ3n) is 3.60. The van der Waals surface area contributed by atoms with Gasteiger partial charge in [0.15, 0.2) is 0 Å². The highest BCUT2D eigenvalue weighted by Gasteiger charge is 2.11. The topological polar surface area (TPSA) is 117 Å². The van der Waals surface area contributed by atoms with E-state index in [4.69, 9.17) is 10.5 Å². The zero-order valence-corrected chi connectivity index (χ0v) is 15.1. The van der Waals surface area contributed by atoms with Gasteiger partial charge in [-0.3, -0.25) is 4.79 Å². The summed E-state index contributed by atoms with van der Waals surface area (Å²) in [6, 6.07) is 13.5. The van der Waals surface area contributed by atoms with E-state index in [0.29, 0.717) is 22.6 Å². The number of nitrogen functional groups attached to an aromatic ring is 1. The molecule has 0 unspecified atom stereocenters. The summed E-state index contributed by atoms with van der Waals surface area (Å²) in [6.45, 7) is 3.92. The number of nitrogens with zero attached hydrogens (tertiary/aromatic N) is 1. The van der Waals surface area contributed by atoms with Crippen LogP contribution in [0.15, 0.2) is 54.2 Å². The van der Waals surface area contributed by atoms with Gasteiger partial charge in [0.2, 0.25) is 0 Å². The van der Waals surface area contributed by atoms with Gasteiger partial charge in [-0.1, -0.05) is 6.07 Å². The van der Waals surface area contributed by atoms with Crippen molar-refractivity contribution < 1.29 is 14.3 Å². The van der Waals surface area contributed by atoms with E-state index in [2.05, 4.69) is 10.6 Å². The predicted octanol–water partition coefficient (Wildman–Crippen LogP) is 3.21. The fourth-order valence-corrected chi connectivity index (χ4v) is 2.20. The van der Waals surface area contributed by atoms with E-state index in [1.807, 2.05) is 25.1 Å². The van der Waals surface area contributed by atoms with Gasteiger partial charge in [-0.05, 0) is 55.8 Å². The number of esters is 1. The van der Waals surface area contributed by atoms with Crippen molar-refractivity contribution in [2.45, 2.75) is 13.8 Å². The first kappa shape index (κ1) is 19.5. The molecule has 0 saturated carbocycles. The van der Waals surface area contributed by atoms with Crippen molar-refractivity contribution in [1.82, 2.24) is 0 Å². The van der Waals surface area contributed by atoms with E-state index < -0.39 is 11.9 Å². The molecule has 0 fully saturated rings. The van der Waals surface area contributed by atoms with Crippen LogP contribution in [-0.2, 0) is 9.53 Å². The number of anilines is 3. The summed E-state index contributed by atoms with van der Waals surface area (Å²) in [6.07, 6.45) is 1.30. The van der Waals surface area contributed by atoms with Crippen molar-refractivity contribution in [1.29, 1.82) is 5.26 Å². The quantitative estimate of drug-likeness (QED) is 0.314. The van der Waals surface area contributed by atoms with E-state index in [1.165, 1.54) is 18.3 Å². The summed E-state index contributed by atoms with van der Waals surface area (Å²) in [5, 5.41) is 14.7. The first-order valence-corrected chi connectivity index (χ1v) is 8.26. The first-order valence-electron chi connectivity index (χ1n) is 8.26. The minimum absolute atomic E-state index is 0.120. The smallest absolute Gasteiger partial charge is 0.338 e. The Morgan fingerprint density at radius 1 is 1.22 bits per heavy atom. The van der Waals surface area contributed by atoms with Crippen molar-refractivity contribution in [3.63, 3.8) is 0 Å². The lowest BCUT2D eigenvalue weighted by atomic mass is 10.2. The number of hydrogen-bond acceptors (Lipinski definition) is 6. The highest BCUT2D eigenvalue weighted by atomic mass is 16.5. The summed E-state index contributed by atoms with van der Waals surface area (Å²) < 4.78 is 4.90. The molecular weight excluding hydrogens is 344 g/mol. The number of carbonyl (C=O) groups is 2. The van der Waals surface area contributed by atoms with Gasteiger partial charge in [0.1, 0.15) is 11.6 Å². The molecule has 4 N–H and O–H groups in total. The van der Waals surface area contributed by atoms with Crippen LogP contribution < -0.4 is 16.4 Å². The standard InChI is InChI=1S/C20H20N4O3/c1-3-27-20(26)14-5-7-16(8-6-14)24-19(25)15(11-21)12-23-18-10-13(2)4-9-17(18)22/h4-10,12,23H,3,22H2,1-2H3,(H,24,25)/b15-12-. The number of nitrogens with two attached hydrogens (primary N) is 1. The second kappa shape index (κ2) is 9.06. The zero-order valence-electron chi connectivity index (χ0n) is 15.1. The predicted molar refractivity (Wildman–Crippen MR) is 104 cm³/mol. The zero-order chi connectivity index (χ0) is 19.8. The number of nitriles is 1. The molecule has 2 aromatic carbocycles. The molecule has 27 heavy (non-hydrogen) atoms. The van der Waals surface area contributed by atoms with Crippen molar-refractivity contribution in [3.05, 3.63) is 65.4 Å². The Labute approximate surface area is 157 Å². The Morgan fingerprint density at radius 3 is 2.56 bits per heavy atom. The van der Waals surface area contributed by atoms with Crippen LogP contribution in [0, 0.1) is 18.3 Å². The number of ether oxygens (including phenoxy) is 1. The van der Waals surface area contributed by atoms with Gasteiger partial charge in [0.25, 0.3) is 5.91 Å². The van der Waals surface area contributed by atoms with E-state index in [9.17, 15) is 14.9 Å². The Hall–Kier alpha value is -3.79. The van der Waals surface area contributed by atoms with Gasteiger partial charge >= 0.3 is 5.97 Å². The third kappa shape index (κ3) is 5.34. The molecule has 2 aromatic rings. The Kier molecular flexibility index (Phi) is 6.55. The van der Waals surface area contributed by atoms with Crippen molar-refractivity contribution in [2.75, 3.05) is 23.0 Å².